The first-order valence-corrected chi connectivity index (χ1v) is 12.0. The van der Waals surface area contributed by atoms with E-state index >= 15 is 0 Å². The van der Waals surface area contributed by atoms with Gasteiger partial charge in [0, 0.05) is 0 Å². The van der Waals surface area contributed by atoms with E-state index in [9.17, 15) is 5.11 Å². The van der Waals surface area contributed by atoms with Crippen LogP contribution in [0.25, 0.3) is 0 Å². The molecule has 1 saturated heterocycles. The fraction of sp³-hybridized carbons (Fsp3) is 0.333. The number of aliphatic hydroxyl groups excluding tert-OH is 1. The van der Waals surface area contributed by atoms with Crippen molar-refractivity contribution in [1.29, 1.82) is 0 Å². The van der Waals surface area contributed by atoms with E-state index in [1.165, 1.54) is 0 Å². The second-order valence-corrected chi connectivity index (χ2v) is 9.09. The highest BCUT2D eigenvalue weighted by Gasteiger charge is 2.46. The Morgan fingerprint density at radius 3 is 1.64 bits per heavy atom. The standard InChI is InChI=1S/C27H29BrO5/c28-24-26(32-18-22-14-8-3-9-15-22)25(31-17-21-12-6-2-7-13-21)23(33-27(24)29)19-30-16-20-10-4-1-5-11-20/h1-15,23-27,29H,16-19H2/t23-,24-,25-,26-,27-/m1/s1. The van der Waals surface area contributed by atoms with Gasteiger partial charge in [0.2, 0.25) is 0 Å². The number of ether oxygens (including phenoxy) is 4. The molecule has 3 aromatic rings. The van der Waals surface area contributed by atoms with Crippen LogP contribution in [0.2, 0.25) is 0 Å². The molecule has 5 nitrogen and oxygen atoms in total. The van der Waals surface area contributed by atoms with Crippen molar-refractivity contribution in [3.05, 3.63) is 108 Å². The summed E-state index contributed by atoms with van der Waals surface area (Å²) in [6, 6.07) is 29.9. The van der Waals surface area contributed by atoms with E-state index in [0.717, 1.165) is 16.7 Å². The number of aliphatic hydroxyl groups is 1. The zero-order valence-corrected chi connectivity index (χ0v) is 19.9. The van der Waals surface area contributed by atoms with E-state index in [1.54, 1.807) is 0 Å². The van der Waals surface area contributed by atoms with Crippen LogP contribution >= 0.6 is 15.9 Å². The maximum Gasteiger partial charge on any atom is 0.170 e. The molecule has 0 saturated carbocycles. The molecule has 0 spiro atoms. The molecule has 1 aliphatic rings. The lowest BCUT2D eigenvalue weighted by Gasteiger charge is -2.42. The molecule has 33 heavy (non-hydrogen) atoms. The van der Waals surface area contributed by atoms with Crippen molar-refractivity contribution in [2.75, 3.05) is 6.61 Å². The monoisotopic (exact) mass is 512 g/mol. The van der Waals surface area contributed by atoms with Gasteiger partial charge in [-0.1, -0.05) is 107 Å². The number of rotatable bonds is 10. The van der Waals surface area contributed by atoms with Gasteiger partial charge in [-0.2, -0.15) is 0 Å². The van der Waals surface area contributed by atoms with Gasteiger partial charge in [-0.25, -0.2) is 0 Å². The topological polar surface area (TPSA) is 57.2 Å². The molecule has 1 aliphatic heterocycles. The fourth-order valence-corrected chi connectivity index (χ4v) is 4.39. The molecule has 4 rings (SSSR count). The van der Waals surface area contributed by atoms with Gasteiger partial charge in [0.15, 0.2) is 6.29 Å². The Labute approximate surface area is 203 Å². The summed E-state index contributed by atoms with van der Waals surface area (Å²) < 4.78 is 24.5. The number of hydrogen-bond donors (Lipinski definition) is 1. The van der Waals surface area contributed by atoms with Crippen molar-refractivity contribution >= 4 is 15.9 Å². The third-order valence-corrected chi connectivity index (χ3v) is 6.53. The molecule has 3 aromatic carbocycles. The smallest absolute Gasteiger partial charge is 0.170 e. The first-order chi connectivity index (χ1) is 16.2. The van der Waals surface area contributed by atoms with E-state index in [-0.39, 0.29) is 6.61 Å². The first kappa shape index (κ1) is 24.1. The number of hydrogen-bond acceptors (Lipinski definition) is 5. The van der Waals surface area contributed by atoms with Gasteiger partial charge in [-0.3, -0.25) is 0 Å². The van der Waals surface area contributed by atoms with Gasteiger partial charge in [0.05, 0.1) is 31.3 Å². The lowest BCUT2D eigenvalue weighted by molar-refractivity contribution is -0.260. The van der Waals surface area contributed by atoms with Gasteiger partial charge < -0.3 is 24.1 Å². The minimum Gasteiger partial charge on any atom is -0.374 e. The van der Waals surface area contributed by atoms with Crippen molar-refractivity contribution in [2.24, 2.45) is 0 Å². The average Bonchev–Trinajstić information content (AvgIpc) is 2.86. The number of benzene rings is 3. The summed E-state index contributed by atoms with van der Waals surface area (Å²) in [5.74, 6) is 0. The summed E-state index contributed by atoms with van der Waals surface area (Å²) in [5.41, 5.74) is 3.18. The first-order valence-electron chi connectivity index (χ1n) is 11.1. The summed E-state index contributed by atoms with van der Waals surface area (Å²) in [6.45, 7) is 1.54. The maximum atomic E-state index is 10.6. The largest absolute Gasteiger partial charge is 0.374 e. The molecule has 0 unspecified atom stereocenters. The Morgan fingerprint density at radius 1 is 0.667 bits per heavy atom. The lowest BCUT2D eigenvalue weighted by atomic mass is 10.0. The molecule has 174 valence electrons. The van der Waals surface area contributed by atoms with Gasteiger partial charge in [-0.05, 0) is 16.7 Å². The lowest BCUT2D eigenvalue weighted by Crippen LogP contribution is -2.58. The zero-order valence-electron chi connectivity index (χ0n) is 18.3. The molecule has 0 bridgehead atoms. The van der Waals surface area contributed by atoms with Crippen LogP contribution in [0.5, 0.6) is 0 Å². The van der Waals surface area contributed by atoms with Gasteiger partial charge in [0.25, 0.3) is 0 Å². The summed E-state index contributed by atoms with van der Waals surface area (Å²) in [7, 11) is 0. The molecule has 5 atom stereocenters. The molecule has 6 heteroatoms. The highest BCUT2D eigenvalue weighted by atomic mass is 79.9. The van der Waals surface area contributed by atoms with Crippen molar-refractivity contribution < 1.29 is 24.1 Å². The second-order valence-electron chi connectivity index (χ2n) is 8.03. The van der Waals surface area contributed by atoms with Crippen LogP contribution in [0.4, 0.5) is 0 Å². The van der Waals surface area contributed by atoms with Crippen molar-refractivity contribution in [2.45, 2.75) is 49.2 Å². The molecule has 0 aliphatic carbocycles. The molecule has 1 heterocycles. The minimum atomic E-state index is -1.03. The number of alkyl halides is 1. The van der Waals surface area contributed by atoms with Crippen molar-refractivity contribution in [3.8, 4) is 0 Å². The molecule has 0 amide bonds. The van der Waals surface area contributed by atoms with Crippen LogP contribution in [-0.4, -0.2) is 41.1 Å². The Bertz CT molecular complexity index is 941. The molecule has 1 fully saturated rings. The van der Waals surface area contributed by atoms with Gasteiger partial charge in [-0.15, -0.1) is 0 Å². The van der Waals surface area contributed by atoms with E-state index in [1.807, 2.05) is 91.0 Å². The van der Waals surface area contributed by atoms with E-state index in [4.69, 9.17) is 18.9 Å². The Kier molecular flexibility index (Phi) is 9.06. The quantitative estimate of drug-likeness (QED) is 0.393. The molecular weight excluding hydrogens is 484 g/mol. The third-order valence-electron chi connectivity index (χ3n) is 5.55. The summed E-state index contributed by atoms with van der Waals surface area (Å²) in [5, 5.41) is 10.6. The van der Waals surface area contributed by atoms with Crippen LogP contribution in [0.15, 0.2) is 91.0 Å². The fourth-order valence-electron chi connectivity index (χ4n) is 3.81. The predicted octanol–water partition coefficient (Wildman–Crippen LogP) is 4.85. The molecule has 0 aromatic heterocycles. The van der Waals surface area contributed by atoms with Crippen LogP contribution in [-0.2, 0) is 38.8 Å². The molecule has 1 N–H and O–H groups in total. The second kappa shape index (κ2) is 12.4. The normalized spacial score (nSPS) is 25.1. The van der Waals surface area contributed by atoms with Crippen LogP contribution in [0.1, 0.15) is 16.7 Å². The zero-order chi connectivity index (χ0) is 22.9. The SMILES string of the molecule is O[C@@H]1O[C@H](COCc2ccccc2)[C@@H](OCc2ccccc2)[C@H](OCc2ccccc2)[C@H]1Br. The molecular formula is C27H29BrO5. The predicted molar refractivity (Wildman–Crippen MR) is 130 cm³/mol. The van der Waals surface area contributed by atoms with Gasteiger partial charge in [0.1, 0.15) is 18.3 Å². The van der Waals surface area contributed by atoms with Crippen molar-refractivity contribution in [1.82, 2.24) is 0 Å². The minimum absolute atomic E-state index is 0.274. The highest BCUT2D eigenvalue weighted by molar-refractivity contribution is 9.09. The van der Waals surface area contributed by atoms with E-state index in [2.05, 4.69) is 15.9 Å². The Morgan fingerprint density at radius 2 is 1.12 bits per heavy atom. The Hall–Kier alpha value is -2.06. The highest BCUT2D eigenvalue weighted by Crippen LogP contribution is 2.31. The van der Waals surface area contributed by atoms with Gasteiger partial charge >= 0.3 is 0 Å². The maximum absolute atomic E-state index is 10.6. The van der Waals surface area contributed by atoms with E-state index in [0.29, 0.717) is 19.8 Å². The average molecular weight is 513 g/mol. The summed E-state index contributed by atoms with van der Waals surface area (Å²) in [4.78, 5) is -0.438. The van der Waals surface area contributed by atoms with Crippen LogP contribution in [0.3, 0.4) is 0 Å². The number of halogens is 1. The third kappa shape index (κ3) is 6.96. The van der Waals surface area contributed by atoms with Crippen LogP contribution < -0.4 is 0 Å². The Balaban J connectivity index is 1.46. The summed E-state index contributed by atoms with van der Waals surface area (Å²) >= 11 is 3.57. The van der Waals surface area contributed by atoms with Crippen molar-refractivity contribution in [3.63, 3.8) is 0 Å². The van der Waals surface area contributed by atoms with E-state index < -0.39 is 29.4 Å². The summed E-state index contributed by atoms with van der Waals surface area (Å²) in [6.07, 6.45) is -2.38. The molecule has 0 radical (unpaired) electrons. The van der Waals surface area contributed by atoms with Crippen LogP contribution in [0, 0.1) is 0 Å².